The van der Waals surface area contributed by atoms with Gasteiger partial charge in [-0.05, 0) is 73.9 Å². The van der Waals surface area contributed by atoms with Crippen molar-refractivity contribution in [3.63, 3.8) is 0 Å². The smallest absolute Gasteiger partial charge is 0.663 e. The summed E-state index contributed by atoms with van der Waals surface area (Å²) < 4.78 is 1.48. The molecule has 0 fully saturated rings. The predicted molar refractivity (Wildman–Crippen MR) is 389 cm³/mol. The van der Waals surface area contributed by atoms with Crippen LogP contribution in [0, 0.1) is 0 Å². The molecule has 0 aliphatic carbocycles. The monoisotopic (exact) mass is 1250 g/mol. The molecule has 0 atom stereocenters. The Bertz CT molecular complexity index is 1750. The number of rotatable bonds is 61. The Hall–Kier alpha value is -2.07. The van der Waals surface area contributed by atoms with Crippen LogP contribution < -0.4 is 0 Å². The van der Waals surface area contributed by atoms with E-state index in [0.29, 0.717) is 0 Å². The van der Waals surface area contributed by atoms with Gasteiger partial charge >= 0.3 is 16.5 Å². The summed E-state index contributed by atoms with van der Waals surface area (Å²) in [5.74, 6) is 0. The molecule has 0 bridgehead atoms. The minimum Gasteiger partial charge on any atom is -0.663 e. The molecule has 0 unspecified atom stereocenters. The van der Waals surface area contributed by atoms with Gasteiger partial charge in [-0.2, -0.15) is 26.2 Å². The first-order valence-electron chi connectivity index (χ1n) is 38.9. The Morgan fingerprint density at radius 3 is 0.701 bits per heavy atom. The predicted octanol–water partition coefficient (Wildman–Crippen LogP) is 29.1. The summed E-state index contributed by atoms with van der Waals surface area (Å²) in [7, 11) is 0. The molecule has 0 aromatic heterocycles. The van der Waals surface area contributed by atoms with Crippen molar-refractivity contribution in [2.75, 3.05) is 26.2 Å². The van der Waals surface area contributed by atoms with E-state index in [-0.39, 0.29) is 16.5 Å². The number of allylic oxidation sites excluding steroid dienone is 2. The van der Waals surface area contributed by atoms with Gasteiger partial charge in [-0.3, -0.25) is 0 Å². The fraction of sp³-hybridized carbons (Fsp3) is 0.805. The van der Waals surface area contributed by atoms with E-state index in [1.165, 1.54) is 342 Å². The Kier molecular flexibility index (Phi) is 66.7. The molecule has 1 aliphatic heterocycles. The van der Waals surface area contributed by atoms with Gasteiger partial charge in [0.15, 0.2) is 0 Å². The van der Waals surface area contributed by atoms with E-state index in [4.69, 9.17) is 0 Å². The van der Waals surface area contributed by atoms with Crippen LogP contribution in [0.3, 0.4) is 0 Å². The van der Waals surface area contributed by atoms with Gasteiger partial charge in [0, 0.05) is 22.8 Å². The maximum atomic E-state index is 11.7. The second-order valence-corrected chi connectivity index (χ2v) is 26.4. The third-order valence-corrected chi connectivity index (χ3v) is 18.4. The van der Waals surface area contributed by atoms with Crippen LogP contribution in [0.5, 0.6) is 0 Å². The first-order valence-corrected chi connectivity index (χ1v) is 38.9. The van der Waals surface area contributed by atoms with Crippen LogP contribution in [0.25, 0.3) is 27.6 Å². The van der Waals surface area contributed by atoms with Gasteiger partial charge in [-0.25, -0.2) is 4.70 Å². The number of nitrogens with zero attached hydrogens (tertiary/aromatic N) is 4. The molecule has 2 aromatic carbocycles. The fourth-order valence-corrected chi connectivity index (χ4v) is 12.7. The standard InChI is InChI=1S/C74H128N2.2C4H10N.Ni/c1-4-7-10-12-14-16-18-20-22-24-26-28-30-32-34-36-38-40-42-44-46-48-50-52-54-56-68-59-63-70(64-60-68)73-67-72(58-9-6-3)74(76(73)75)71-65-61-69(62-66-71)57-55-53-51-49-47-45-43-41-39-37-35-33-31-29-27-25-23-21-19-17-15-13-11-8-5-2;2*1-3-5-4-2;/h59-67H,4-58H2,1-3H3;2*3-4H2,1-2H3;/q;2*-1;+2. The third-order valence-electron chi connectivity index (χ3n) is 18.4. The van der Waals surface area contributed by atoms with Gasteiger partial charge < -0.3 is 16.2 Å². The van der Waals surface area contributed by atoms with Gasteiger partial charge in [-0.15, -0.1) is 0 Å². The molecule has 5 heteroatoms. The molecule has 0 amide bonds. The first kappa shape index (κ1) is 84.9. The average Bonchev–Trinajstić information content (AvgIpc) is 1.85. The molecule has 1 heterocycles. The quantitative estimate of drug-likeness (QED) is 0.0360. The largest absolute Gasteiger partial charge is 2.00 e. The minimum atomic E-state index is 0. The molecular weight excluding hydrogens is 1100 g/mol. The van der Waals surface area contributed by atoms with Crippen molar-refractivity contribution in [3.05, 3.63) is 98.6 Å². The Morgan fingerprint density at radius 2 is 0.483 bits per heavy atom. The number of hydrogen-bond donors (Lipinski definition) is 0. The van der Waals surface area contributed by atoms with Crippen molar-refractivity contribution in [2.45, 2.75) is 402 Å². The maximum Gasteiger partial charge on any atom is 2.00 e. The molecule has 87 heavy (non-hydrogen) atoms. The van der Waals surface area contributed by atoms with Crippen LogP contribution in [-0.4, -0.2) is 30.9 Å². The molecule has 3 rings (SSSR count). The van der Waals surface area contributed by atoms with Crippen LogP contribution in [0.15, 0.2) is 60.2 Å². The van der Waals surface area contributed by atoms with Crippen molar-refractivity contribution in [1.82, 2.24) is 0 Å². The summed E-state index contributed by atoms with van der Waals surface area (Å²) in [6.07, 6.45) is 79.7. The van der Waals surface area contributed by atoms with Crippen LogP contribution in [-0.2, 0) is 29.3 Å². The number of aryl methyl sites for hydroxylation is 2. The van der Waals surface area contributed by atoms with E-state index < -0.39 is 0 Å². The Balaban J connectivity index is 0.00000618. The normalized spacial score (nSPS) is 12.1. The topological polar surface area (TPSA) is 53.5 Å². The van der Waals surface area contributed by atoms with Crippen molar-refractivity contribution >= 4 is 11.4 Å². The molecule has 4 nitrogen and oxygen atoms in total. The molecular formula is C82H148N4Ni. The molecule has 0 spiro atoms. The third kappa shape index (κ3) is 52.2. The van der Waals surface area contributed by atoms with Crippen LogP contribution >= 0.6 is 0 Å². The summed E-state index contributed by atoms with van der Waals surface area (Å²) in [6, 6.07) is 18.2. The number of benzene rings is 2. The summed E-state index contributed by atoms with van der Waals surface area (Å²) in [5, 5.41) is 7.94. The Labute approximate surface area is 555 Å². The molecule has 0 saturated heterocycles. The first-order chi connectivity index (χ1) is 42.5. The zero-order chi connectivity index (χ0) is 62.1. The summed E-state index contributed by atoms with van der Waals surface area (Å²) in [5.41, 5.74) is 19.9. The minimum absolute atomic E-state index is 0. The SMILES string of the molecule is CCCCCCCCCCCCCCCCCCCCCCCCCCCc1ccc(C2=CC(CCCC)=C(c3ccc(CCCCCCCCCCCCCCCCCCCCCCCCCCC)cc3)[N+]2=[N-])cc1.CC[N-]CC.CC[N-]CC.[Ni+2]. The average molecular weight is 1250 g/mol. The van der Waals surface area contributed by atoms with Crippen LogP contribution in [0.1, 0.15) is 411 Å². The van der Waals surface area contributed by atoms with Gasteiger partial charge in [-0.1, -0.05) is 387 Å². The summed E-state index contributed by atoms with van der Waals surface area (Å²) in [4.78, 5) is 0. The Morgan fingerprint density at radius 1 is 0.264 bits per heavy atom. The molecule has 506 valence electrons. The zero-order valence-corrected chi connectivity index (χ0v) is 60.5. The van der Waals surface area contributed by atoms with E-state index in [9.17, 15) is 5.53 Å². The van der Waals surface area contributed by atoms with E-state index in [1.54, 1.807) is 0 Å². The maximum absolute atomic E-state index is 11.7. The van der Waals surface area contributed by atoms with Crippen molar-refractivity contribution in [3.8, 4) is 0 Å². The zero-order valence-electron chi connectivity index (χ0n) is 59.5. The van der Waals surface area contributed by atoms with E-state index in [1.807, 2.05) is 27.7 Å². The molecule has 2 aromatic rings. The van der Waals surface area contributed by atoms with Gasteiger partial charge in [0.2, 0.25) is 11.4 Å². The number of hydrogen-bond acceptors (Lipinski definition) is 0. The van der Waals surface area contributed by atoms with Crippen molar-refractivity contribution < 1.29 is 21.2 Å². The van der Waals surface area contributed by atoms with Gasteiger partial charge in [0.05, 0.1) is 0 Å². The van der Waals surface area contributed by atoms with Gasteiger partial charge in [0.1, 0.15) is 0 Å². The summed E-state index contributed by atoms with van der Waals surface area (Å²) in [6.45, 7) is 18.9. The molecule has 1 aliphatic rings. The number of unbranched alkanes of at least 4 members (excludes halogenated alkanes) is 49. The fourth-order valence-electron chi connectivity index (χ4n) is 12.7. The molecule has 0 radical (unpaired) electrons. The van der Waals surface area contributed by atoms with E-state index in [0.717, 1.165) is 80.8 Å². The second kappa shape index (κ2) is 68.3. The molecule has 0 N–H and O–H groups in total. The van der Waals surface area contributed by atoms with Crippen LogP contribution in [0.4, 0.5) is 0 Å². The van der Waals surface area contributed by atoms with Gasteiger partial charge in [0.25, 0.3) is 0 Å². The molecule has 0 saturated carbocycles. The van der Waals surface area contributed by atoms with E-state index in [2.05, 4.69) is 86.0 Å². The van der Waals surface area contributed by atoms with Crippen LogP contribution in [0.2, 0.25) is 0 Å². The second-order valence-electron chi connectivity index (χ2n) is 26.4. The summed E-state index contributed by atoms with van der Waals surface area (Å²) >= 11 is 0. The van der Waals surface area contributed by atoms with Crippen molar-refractivity contribution in [1.29, 1.82) is 0 Å². The van der Waals surface area contributed by atoms with Crippen molar-refractivity contribution in [2.24, 2.45) is 0 Å². The van der Waals surface area contributed by atoms with E-state index >= 15 is 0 Å².